The Kier molecular flexibility index (Phi) is 8.75. The molecule has 0 heterocycles. The first-order valence-electron chi connectivity index (χ1n) is 10.2. The molecule has 0 saturated carbocycles. The van der Waals surface area contributed by atoms with E-state index in [9.17, 15) is 0 Å². The molecule has 0 atom stereocenters. The Morgan fingerprint density at radius 3 is 1.03 bits per heavy atom. The van der Waals surface area contributed by atoms with Crippen LogP contribution in [0, 0.1) is 0 Å². The van der Waals surface area contributed by atoms with Crippen molar-refractivity contribution in [1.82, 2.24) is 0 Å². The molecule has 0 aliphatic heterocycles. The predicted molar refractivity (Wildman–Crippen MR) is 123 cm³/mol. The van der Waals surface area contributed by atoms with E-state index >= 15 is 0 Å². The first-order chi connectivity index (χ1) is 14.4. The predicted octanol–water partition coefficient (Wildman–Crippen LogP) is 6.84. The van der Waals surface area contributed by atoms with Crippen LogP contribution >= 0.6 is 0 Å². The fourth-order valence-electron chi connectivity index (χ4n) is 3.03. The van der Waals surface area contributed by atoms with Gasteiger partial charge in [0.15, 0.2) is 0 Å². The Labute approximate surface area is 174 Å². The number of benzene rings is 4. The van der Waals surface area contributed by atoms with Gasteiger partial charge in [-0.05, 0) is 35.1 Å². The second kappa shape index (κ2) is 12.3. The molecule has 1 heteroatoms. The van der Waals surface area contributed by atoms with Crippen LogP contribution in [0.3, 0.4) is 0 Å². The van der Waals surface area contributed by atoms with Gasteiger partial charge in [0.25, 0.3) is 0 Å². The molecular weight excluding hydrogens is 352 g/mol. The normalized spacial score (nSPS) is 10.1. The minimum absolute atomic E-state index is 0.802. The van der Waals surface area contributed by atoms with E-state index in [-0.39, 0.29) is 0 Å². The Morgan fingerprint density at radius 1 is 0.379 bits per heavy atom. The largest absolute Gasteiger partial charge is 0.381 e. The number of hydrogen-bond donors (Lipinski definition) is 0. The lowest BCUT2D eigenvalue weighted by Crippen LogP contribution is -2.02. The van der Waals surface area contributed by atoms with Crippen molar-refractivity contribution in [3.63, 3.8) is 0 Å². The van der Waals surface area contributed by atoms with Gasteiger partial charge < -0.3 is 4.74 Å². The van der Waals surface area contributed by atoms with Crippen LogP contribution in [0.15, 0.2) is 121 Å². The summed E-state index contributed by atoms with van der Waals surface area (Å²) < 4.78 is 5.64. The zero-order valence-corrected chi connectivity index (χ0v) is 16.8. The lowest BCUT2D eigenvalue weighted by molar-refractivity contribution is 0.140. The van der Waals surface area contributed by atoms with Crippen molar-refractivity contribution in [1.29, 1.82) is 0 Å². The topological polar surface area (TPSA) is 9.23 Å². The van der Waals surface area contributed by atoms with Crippen LogP contribution in [0.2, 0.25) is 0 Å². The highest BCUT2D eigenvalue weighted by Crippen LogP contribution is 2.17. The Balaban J connectivity index is 0.000000176. The van der Waals surface area contributed by atoms with Gasteiger partial charge in [-0.1, -0.05) is 121 Å². The molecule has 146 valence electrons. The fourth-order valence-corrected chi connectivity index (χ4v) is 3.03. The molecule has 4 rings (SSSR count). The van der Waals surface area contributed by atoms with Gasteiger partial charge in [-0.3, -0.25) is 0 Å². The van der Waals surface area contributed by atoms with Crippen LogP contribution in [0.4, 0.5) is 0 Å². The molecule has 0 aromatic heterocycles. The van der Waals surface area contributed by atoms with Gasteiger partial charge in [-0.25, -0.2) is 0 Å². The van der Waals surface area contributed by atoms with Crippen molar-refractivity contribution in [2.45, 2.75) is 12.8 Å². The van der Waals surface area contributed by atoms with Gasteiger partial charge in [0.1, 0.15) is 0 Å². The third kappa shape index (κ3) is 7.77. The minimum Gasteiger partial charge on any atom is -0.381 e. The van der Waals surface area contributed by atoms with E-state index in [0.29, 0.717) is 0 Å². The summed E-state index contributed by atoms with van der Waals surface area (Å²) in [5.74, 6) is 0. The fraction of sp³-hybridized carbons (Fsp3) is 0.143. The highest BCUT2D eigenvalue weighted by molar-refractivity contribution is 5.62. The summed E-state index contributed by atoms with van der Waals surface area (Å²) >= 11 is 0. The van der Waals surface area contributed by atoms with Gasteiger partial charge in [-0.15, -0.1) is 0 Å². The molecule has 0 aliphatic carbocycles. The van der Waals surface area contributed by atoms with Crippen molar-refractivity contribution in [3.05, 3.63) is 132 Å². The summed E-state index contributed by atoms with van der Waals surface area (Å²) in [7, 11) is 0. The van der Waals surface area contributed by atoms with E-state index in [1.54, 1.807) is 0 Å². The highest BCUT2D eigenvalue weighted by atomic mass is 16.5. The molecule has 0 N–H and O–H groups in total. The lowest BCUT2D eigenvalue weighted by Gasteiger charge is -2.04. The minimum atomic E-state index is 0.802. The van der Waals surface area contributed by atoms with Gasteiger partial charge in [-0.2, -0.15) is 0 Å². The number of rotatable bonds is 7. The van der Waals surface area contributed by atoms with Crippen LogP contribution in [-0.4, -0.2) is 13.2 Å². The summed E-state index contributed by atoms with van der Waals surface area (Å²) in [6, 6.07) is 41.7. The van der Waals surface area contributed by atoms with Crippen molar-refractivity contribution in [2.24, 2.45) is 0 Å². The zero-order chi connectivity index (χ0) is 20.0. The Bertz CT molecular complexity index is 824. The molecule has 0 fully saturated rings. The third-order valence-corrected chi connectivity index (χ3v) is 4.64. The monoisotopic (exact) mass is 380 g/mol. The molecule has 4 aromatic carbocycles. The van der Waals surface area contributed by atoms with Gasteiger partial charge >= 0.3 is 0 Å². The highest BCUT2D eigenvalue weighted by Gasteiger charge is 1.94. The maximum Gasteiger partial charge on any atom is 0.0506 e. The summed E-state index contributed by atoms with van der Waals surface area (Å²) in [4.78, 5) is 0. The van der Waals surface area contributed by atoms with Crippen molar-refractivity contribution in [2.75, 3.05) is 13.2 Å². The number of hydrogen-bond acceptors (Lipinski definition) is 1. The first-order valence-corrected chi connectivity index (χ1v) is 10.2. The second-order valence-corrected chi connectivity index (χ2v) is 6.82. The van der Waals surface area contributed by atoms with E-state index in [1.165, 1.54) is 22.3 Å². The van der Waals surface area contributed by atoms with E-state index in [2.05, 4.69) is 97.1 Å². The van der Waals surface area contributed by atoms with Crippen molar-refractivity contribution in [3.8, 4) is 11.1 Å². The van der Waals surface area contributed by atoms with E-state index in [0.717, 1.165) is 26.1 Å². The standard InChI is InChI=1S/C16H18O.C12H10/c1-3-7-15(8-4-1)11-13-17-14-12-16-9-5-2-6-10-16;1-3-7-11(8-4-1)12-9-5-2-6-10-12/h1-10H,11-14H2;1-10H. The third-order valence-electron chi connectivity index (χ3n) is 4.64. The van der Waals surface area contributed by atoms with Crippen LogP contribution in [0.25, 0.3) is 11.1 Å². The molecule has 1 nitrogen and oxygen atoms in total. The molecule has 0 spiro atoms. The first kappa shape index (κ1) is 20.6. The van der Waals surface area contributed by atoms with Gasteiger partial charge in [0.2, 0.25) is 0 Å². The molecule has 0 saturated heterocycles. The maximum atomic E-state index is 5.64. The van der Waals surface area contributed by atoms with Gasteiger partial charge in [0.05, 0.1) is 13.2 Å². The molecule has 29 heavy (non-hydrogen) atoms. The average molecular weight is 381 g/mol. The molecule has 0 aliphatic rings. The van der Waals surface area contributed by atoms with E-state index in [4.69, 9.17) is 4.74 Å². The molecule has 0 bridgehead atoms. The zero-order valence-electron chi connectivity index (χ0n) is 16.8. The van der Waals surface area contributed by atoms with E-state index in [1.807, 2.05) is 24.3 Å². The number of ether oxygens (including phenoxy) is 1. The summed E-state index contributed by atoms with van der Waals surface area (Å²) in [6.45, 7) is 1.60. The van der Waals surface area contributed by atoms with E-state index < -0.39 is 0 Å². The van der Waals surface area contributed by atoms with Crippen LogP contribution < -0.4 is 0 Å². The summed E-state index contributed by atoms with van der Waals surface area (Å²) in [5.41, 5.74) is 5.23. The second-order valence-electron chi connectivity index (χ2n) is 6.82. The quantitative estimate of drug-likeness (QED) is 0.319. The smallest absolute Gasteiger partial charge is 0.0506 e. The molecule has 4 aromatic rings. The van der Waals surface area contributed by atoms with Crippen LogP contribution in [0.5, 0.6) is 0 Å². The lowest BCUT2D eigenvalue weighted by atomic mass is 10.1. The van der Waals surface area contributed by atoms with Crippen LogP contribution in [-0.2, 0) is 17.6 Å². The SMILES string of the molecule is c1ccc(-c2ccccc2)cc1.c1ccc(CCOCCc2ccccc2)cc1. The summed E-state index contributed by atoms with van der Waals surface area (Å²) in [5, 5.41) is 0. The maximum absolute atomic E-state index is 5.64. The Morgan fingerprint density at radius 2 is 0.690 bits per heavy atom. The molecule has 0 unspecified atom stereocenters. The van der Waals surface area contributed by atoms with Crippen molar-refractivity contribution >= 4 is 0 Å². The molecule has 0 amide bonds. The van der Waals surface area contributed by atoms with Crippen molar-refractivity contribution < 1.29 is 4.74 Å². The molecular formula is C28H28O. The van der Waals surface area contributed by atoms with Crippen LogP contribution in [0.1, 0.15) is 11.1 Å². The Hall–Kier alpha value is -3.16. The van der Waals surface area contributed by atoms with Gasteiger partial charge in [0, 0.05) is 0 Å². The summed E-state index contributed by atoms with van der Waals surface area (Å²) in [6.07, 6.45) is 1.99. The molecule has 0 radical (unpaired) electrons. The average Bonchev–Trinajstić information content (AvgIpc) is 2.82.